The SMILES string of the molecule is C=CC(=O)N1CC2(C1)CN(C1NC(=O)N3C4NC(C(F)CC41)C1C(F)CCCC1NCCCC1CCNC(C(C)C)C13)[C@H]2C. The van der Waals surface area contributed by atoms with E-state index in [1.54, 1.807) is 0 Å². The van der Waals surface area contributed by atoms with Crippen LogP contribution in [0.5, 0.6) is 0 Å². The lowest BCUT2D eigenvalue weighted by atomic mass is 9.65. The van der Waals surface area contributed by atoms with Gasteiger partial charge < -0.3 is 25.8 Å². The lowest BCUT2D eigenvalue weighted by Gasteiger charge is -2.68. The molecule has 44 heavy (non-hydrogen) atoms. The fourth-order valence-electron chi connectivity index (χ4n) is 10.5. The summed E-state index contributed by atoms with van der Waals surface area (Å²) in [6.45, 7) is 14.1. The van der Waals surface area contributed by atoms with Gasteiger partial charge in [-0.25, -0.2) is 13.6 Å². The topological polar surface area (TPSA) is 92.0 Å². The highest BCUT2D eigenvalue weighted by molar-refractivity contribution is 5.87. The third-order valence-electron chi connectivity index (χ3n) is 12.8. The van der Waals surface area contributed by atoms with Crippen LogP contribution in [0.1, 0.15) is 65.7 Å². The molecule has 0 aromatic heterocycles. The van der Waals surface area contributed by atoms with E-state index in [0.29, 0.717) is 31.3 Å². The maximum Gasteiger partial charge on any atom is 0.320 e. The summed E-state index contributed by atoms with van der Waals surface area (Å²) in [6.07, 6.45) is 3.80. The second-order valence-electron chi connectivity index (χ2n) is 15.5. The van der Waals surface area contributed by atoms with Gasteiger partial charge >= 0.3 is 6.03 Å². The predicted molar refractivity (Wildman–Crippen MR) is 165 cm³/mol. The van der Waals surface area contributed by atoms with E-state index in [9.17, 15) is 9.59 Å². The largest absolute Gasteiger partial charge is 0.338 e. The minimum atomic E-state index is -1.21. The molecule has 1 spiro atoms. The van der Waals surface area contributed by atoms with Gasteiger partial charge in [-0.3, -0.25) is 15.0 Å². The summed E-state index contributed by atoms with van der Waals surface area (Å²) in [5.41, 5.74) is -0.00363. The van der Waals surface area contributed by atoms with Gasteiger partial charge in [0.15, 0.2) is 0 Å². The highest BCUT2D eigenvalue weighted by Crippen LogP contribution is 2.49. The van der Waals surface area contributed by atoms with Crippen LogP contribution in [0.3, 0.4) is 0 Å². The van der Waals surface area contributed by atoms with Crippen LogP contribution in [0.2, 0.25) is 0 Å². The van der Waals surface area contributed by atoms with E-state index in [1.165, 1.54) is 6.08 Å². The molecule has 6 saturated heterocycles. The van der Waals surface area contributed by atoms with Crippen LogP contribution < -0.4 is 21.3 Å². The maximum atomic E-state index is 16.5. The molecule has 246 valence electrons. The van der Waals surface area contributed by atoms with Crippen molar-refractivity contribution in [3.63, 3.8) is 0 Å². The van der Waals surface area contributed by atoms with Gasteiger partial charge in [0, 0.05) is 61.1 Å². The van der Waals surface area contributed by atoms with Gasteiger partial charge in [-0.2, -0.15) is 0 Å². The summed E-state index contributed by atoms with van der Waals surface area (Å²) in [7, 11) is 0. The van der Waals surface area contributed by atoms with E-state index < -0.39 is 24.3 Å². The van der Waals surface area contributed by atoms with Crippen molar-refractivity contribution in [1.82, 2.24) is 36.0 Å². The summed E-state index contributed by atoms with van der Waals surface area (Å²) in [5, 5.41) is 14.5. The van der Waals surface area contributed by atoms with Crippen LogP contribution in [0.15, 0.2) is 12.7 Å². The minimum absolute atomic E-state index is 0.00363. The summed E-state index contributed by atoms with van der Waals surface area (Å²) in [4.78, 5) is 32.8. The van der Waals surface area contributed by atoms with Crippen molar-refractivity contribution in [3.8, 4) is 0 Å². The highest BCUT2D eigenvalue weighted by Gasteiger charge is 2.63. The fourth-order valence-corrected chi connectivity index (χ4v) is 10.5. The number of fused-ring (bicyclic) bond motifs is 5. The number of urea groups is 1. The smallest absolute Gasteiger partial charge is 0.320 e. The van der Waals surface area contributed by atoms with Crippen LogP contribution >= 0.6 is 0 Å². The summed E-state index contributed by atoms with van der Waals surface area (Å²) in [5.74, 6) is -0.0341. The van der Waals surface area contributed by atoms with Crippen molar-refractivity contribution in [2.75, 3.05) is 32.7 Å². The van der Waals surface area contributed by atoms with E-state index in [2.05, 4.69) is 58.4 Å². The standard InChI is InChI=1S/C33H53F2N7O2/c1-5-25(43)40-15-33(16-40)17-41(19(33)4)30-21-14-23(35)28-26-22(34)9-6-10-24(26)36-12-7-8-20-11-13-37-27(18(2)3)29(20)42(31(21)38-28)32(44)39-30/h5,18-24,26-31,36-38H,1,6-17H2,2-4H3,(H,39,44)/t19-,20?,21?,22?,23?,24?,26?,27?,28?,29?,30?,31?/m0/s1. The number of amides is 3. The van der Waals surface area contributed by atoms with Crippen LogP contribution in [0.4, 0.5) is 13.6 Å². The number of carbonyl (C=O) groups is 2. The molecule has 7 rings (SSSR count). The molecule has 0 radical (unpaired) electrons. The molecule has 11 heteroatoms. The van der Waals surface area contributed by atoms with E-state index in [4.69, 9.17) is 0 Å². The summed E-state index contributed by atoms with van der Waals surface area (Å²) in [6, 6.07) is -0.562. The number of piperidine rings is 2. The lowest BCUT2D eigenvalue weighted by molar-refractivity contribution is -0.200. The first kappa shape index (κ1) is 30.8. The number of rotatable bonds is 3. The number of hydrogen-bond donors (Lipinski definition) is 4. The predicted octanol–water partition coefficient (Wildman–Crippen LogP) is 2.59. The first-order valence-electron chi connectivity index (χ1n) is 17.4. The Morgan fingerprint density at radius 3 is 2.55 bits per heavy atom. The van der Waals surface area contributed by atoms with Crippen molar-refractivity contribution in [2.45, 2.75) is 121 Å². The van der Waals surface area contributed by atoms with Crippen molar-refractivity contribution in [2.24, 2.45) is 29.1 Å². The van der Waals surface area contributed by atoms with E-state index in [0.717, 1.165) is 51.7 Å². The normalized spacial score (nSPS) is 45.5. The van der Waals surface area contributed by atoms with Gasteiger partial charge in [0.25, 0.3) is 0 Å². The van der Waals surface area contributed by atoms with Crippen molar-refractivity contribution >= 4 is 11.9 Å². The van der Waals surface area contributed by atoms with Crippen LogP contribution in [-0.2, 0) is 4.79 Å². The van der Waals surface area contributed by atoms with E-state index >= 15 is 8.78 Å². The molecule has 1 aliphatic carbocycles. The molecular formula is C33H53F2N7O2. The number of carbonyl (C=O) groups excluding carboxylic acids is 2. The molecule has 9 nitrogen and oxygen atoms in total. The maximum absolute atomic E-state index is 16.5. The molecule has 4 N–H and O–H groups in total. The molecule has 2 bridgehead atoms. The van der Waals surface area contributed by atoms with Crippen molar-refractivity contribution in [1.29, 1.82) is 0 Å². The Balaban J connectivity index is 1.22. The van der Waals surface area contributed by atoms with Crippen LogP contribution in [0, 0.1) is 29.1 Å². The second-order valence-corrected chi connectivity index (χ2v) is 15.5. The second kappa shape index (κ2) is 11.8. The molecular weight excluding hydrogens is 564 g/mol. The Hall–Kier alpha value is -1.82. The monoisotopic (exact) mass is 617 g/mol. The molecule has 6 aliphatic heterocycles. The molecule has 3 amide bonds. The van der Waals surface area contributed by atoms with Crippen LogP contribution in [-0.4, -0.2) is 114 Å². The zero-order chi connectivity index (χ0) is 30.9. The molecule has 0 aromatic rings. The number of hydrogen-bond acceptors (Lipinski definition) is 6. The first-order valence-corrected chi connectivity index (χ1v) is 17.4. The number of nitrogens with zero attached hydrogens (tertiary/aromatic N) is 3. The Labute approximate surface area is 261 Å². The zero-order valence-corrected chi connectivity index (χ0v) is 26.7. The van der Waals surface area contributed by atoms with Crippen molar-refractivity contribution < 1.29 is 18.4 Å². The number of alkyl halides is 2. The van der Waals surface area contributed by atoms with Crippen molar-refractivity contribution in [3.05, 3.63) is 12.7 Å². The average Bonchev–Trinajstić information content (AvgIpc) is 2.97. The number of nitrogens with one attached hydrogen (secondary N) is 4. The molecule has 7 aliphatic rings. The molecule has 11 unspecified atom stereocenters. The number of likely N-dealkylation sites (tertiary alicyclic amines) is 2. The third kappa shape index (κ3) is 4.90. The van der Waals surface area contributed by atoms with Gasteiger partial charge in [0.1, 0.15) is 12.3 Å². The highest BCUT2D eigenvalue weighted by atomic mass is 19.1. The van der Waals surface area contributed by atoms with Gasteiger partial charge in [0.2, 0.25) is 5.91 Å². The molecule has 0 aromatic carbocycles. The Morgan fingerprint density at radius 2 is 1.82 bits per heavy atom. The Kier molecular flexibility index (Phi) is 8.24. The minimum Gasteiger partial charge on any atom is -0.338 e. The number of halogens is 2. The molecule has 12 atom stereocenters. The molecule has 1 saturated carbocycles. The molecule has 6 heterocycles. The molecule has 7 fully saturated rings. The summed E-state index contributed by atoms with van der Waals surface area (Å²) < 4.78 is 32.3. The average molecular weight is 618 g/mol. The lowest BCUT2D eigenvalue weighted by Crippen LogP contribution is -2.84. The van der Waals surface area contributed by atoms with Gasteiger partial charge in [0.05, 0.1) is 18.4 Å². The summed E-state index contributed by atoms with van der Waals surface area (Å²) >= 11 is 0. The van der Waals surface area contributed by atoms with Gasteiger partial charge in [-0.05, 0) is 82.9 Å². The zero-order valence-electron chi connectivity index (χ0n) is 26.7. The van der Waals surface area contributed by atoms with Crippen LogP contribution in [0.25, 0.3) is 0 Å². The van der Waals surface area contributed by atoms with E-state index in [-0.39, 0.29) is 66.2 Å². The first-order chi connectivity index (χ1) is 21.1. The Morgan fingerprint density at radius 1 is 1.02 bits per heavy atom. The van der Waals surface area contributed by atoms with Gasteiger partial charge in [-0.1, -0.05) is 20.4 Å². The fraction of sp³-hybridized carbons (Fsp3) is 0.879. The quantitative estimate of drug-likeness (QED) is 0.364. The third-order valence-corrected chi connectivity index (χ3v) is 12.8. The van der Waals surface area contributed by atoms with E-state index in [1.807, 2.05) is 4.90 Å². The Bertz CT molecular complexity index is 1120. The van der Waals surface area contributed by atoms with Gasteiger partial charge in [-0.15, -0.1) is 0 Å².